The van der Waals surface area contributed by atoms with Gasteiger partial charge in [-0.3, -0.25) is 0 Å². The zero-order valence-electron chi connectivity index (χ0n) is 7.60. The van der Waals surface area contributed by atoms with Crippen LogP contribution in [0, 0.1) is 6.92 Å². The van der Waals surface area contributed by atoms with Gasteiger partial charge in [-0.2, -0.15) is 0 Å². The van der Waals surface area contributed by atoms with Crippen molar-refractivity contribution in [3.8, 4) is 5.75 Å². The number of aryl methyl sites for hydroxylation is 1. The van der Waals surface area contributed by atoms with E-state index in [1.54, 1.807) is 7.11 Å². The van der Waals surface area contributed by atoms with Crippen LogP contribution in [0.5, 0.6) is 5.75 Å². The molecule has 0 amide bonds. The third kappa shape index (κ3) is 2.43. The predicted molar refractivity (Wildman–Crippen MR) is 54.1 cm³/mol. The van der Waals surface area contributed by atoms with E-state index in [9.17, 15) is 0 Å². The molecule has 0 aromatic heterocycles. The molecule has 0 saturated carbocycles. The Morgan fingerprint density at radius 2 is 2.23 bits per heavy atom. The van der Waals surface area contributed by atoms with Crippen LogP contribution in [0.25, 0.3) is 0 Å². The molecule has 0 bridgehead atoms. The first kappa shape index (κ1) is 10.5. The number of nitrogens with one attached hydrogen (secondary N) is 1. The lowest BCUT2D eigenvalue weighted by molar-refractivity contribution is 0.161. The van der Waals surface area contributed by atoms with Crippen molar-refractivity contribution in [1.82, 2.24) is 5.48 Å². The van der Waals surface area contributed by atoms with E-state index < -0.39 is 0 Å². The summed E-state index contributed by atoms with van der Waals surface area (Å²) in [5.41, 5.74) is 4.19. The number of benzene rings is 1. The predicted octanol–water partition coefficient (Wildman–Crippen LogP) is 2.24. The van der Waals surface area contributed by atoms with Crippen molar-refractivity contribution in [1.29, 1.82) is 0 Å². The topological polar surface area (TPSA) is 41.5 Å². The molecule has 0 saturated heterocycles. The van der Waals surface area contributed by atoms with Crippen molar-refractivity contribution in [2.45, 2.75) is 13.5 Å². The van der Waals surface area contributed by atoms with Crippen LogP contribution < -0.4 is 10.2 Å². The normalized spacial score (nSPS) is 10.2. The molecule has 0 aliphatic carbocycles. The Kier molecular flexibility index (Phi) is 3.71. The molecule has 2 N–H and O–H groups in total. The lowest BCUT2D eigenvalue weighted by Gasteiger charge is -2.09. The third-order valence-corrected chi connectivity index (χ3v) is 2.65. The van der Waals surface area contributed by atoms with E-state index in [-0.39, 0.29) is 0 Å². The molecule has 0 spiro atoms. The highest BCUT2D eigenvalue weighted by molar-refractivity contribution is 9.10. The minimum atomic E-state index is 0.401. The third-order valence-electron chi connectivity index (χ3n) is 1.75. The van der Waals surface area contributed by atoms with Crippen LogP contribution in [0.2, 0.25) is 0 Å². The van der Waals surface area contributed by atoms with E-state index in [2.05, 4.69) is 21.4 Å². The van der Waals surface area contributed by atoms with Gasteiger partial charge in [-0.1, -0.05) is 6.07 Å². The lowest BCUT2D eigenvalue weighted by Crippen LogP contribution is -2.07. The summed E-state index contributed by atoms with van der Waals surface area (Å²) >= 11 is 3.40. The van der Waals surface area contributed by atoms with Gasteiger partial charge in [-0.25, -0.2) is 5.48 Å². The Balaban J connectivity index is 3.11. The van der Waals surface area contributed by atoms with Gasteiger partial charge in [0.05, 0.1) is 11.6 Å². The molecular weight excluding hydrogens is 234 g/mol. The molecule has 0 atom stereocenters. The van der Waals surface area contributed by atoms with Gasteiger partial charge in [0.2, 0.25) is 0 Å². The van der Waals surface area contributed by atoms with Crippen molar-refractivity contribution in [3.63, 3.8) is 0 Å². The second-order valence-electron chi connectivity index (χ2n) is 2.78. The van der Waals surface area contributed by atoms with Crippen molar-refractivity contribution in [2.75, 3.05) is 7.11 Å². The number of hydroxylamine groups is 1. The number of halogens is 1. The average molecular weight is 246 g/mol. The van der Waals surface area contributed by atoms with Crippen LogP contribution in [0.15, 0.2) is 16.6 Å². The van der Waals surface area contributed by atoms with E-state index in [4.69, 9.17) is 9.94 Å². The zero-order valence-corrected chi connectivity index (χ0v) is 9.18. The molecule has 0 radical (unpaired) electrons. The molecule has 0 aliphatic heterocycles. The molecule has 1 aromatic rings. The maximum atomic E-state index is 8.59. The molecule has 3 nitrogen and oxygen atoms in total. The summed E-state index contributed by atoms with van der Waals surface area (Å²) < 4.78 is 6.03. The highest BCUT2D eigenvalue weighted by Gasteiger charge is 2.06. The van der Waals surface area contributed by atoms with Gasteiger partial charge >= 0.3 is 0 Å². The van der Waals surface area contributed by atoms with Crippen LogP contribution in [0.1, 0.15) is 11.1 Å². The minimum absolute atomic E-state index is 0.401. The lowest BCUT2D eigenvalue weighted by atomic mass is 10.1. The van der Waals surface area contributed by atoms with Crippen LogP contribution in [-0.4, -0.2) is 12.3 Å². The van der Waals surface area contributed by atoms with E-state index in [1.807, 2.05) is 19.1 Å². The Hall–Kier alpha value is -0.580. The summed E-state index contributed by atoms with van der Waals surface area (Å²) in [7, 11) is 1.62. The second kappa shape index (κ2) is 4.60. The van der Waals surface area contributed by atoms with Crippen molar-refractivity contribution >= 4 is 15.9 Å². The average Bonchev–Trinajstić information content (AvgIpc) is 2.11. The fourth-order valence-corrected chi connectivity index (χ4v) is 1.70. The summed E-state index contributed by atoms with van der Waals surface area (Å²) in [5.74, 6) is 0.783. The molecule has 1 aromatic carbocycles. The standard InChI is InChI=1S/C9H12BrNO2/c1-6-3-7(5-11-12)9(10)8(4-6)13-2/h3-4,11-12H,5H2,1-2H3. The summed E-state index contributed by atoms with van der Waals surface area (Å²) in [6, 6.07) is 3.92. The highest BCUT2D eigenvalue weighted by Crippen LogP contribution is 2.29. The molecule has 0 aliphatic rings. The Labute approximate surface area is 85.8 Å². The molecule has 4 heteroatoms. The molecule has 1 rings (SSSR count). The Bertz CT molecular complexity index is 302. The zero-order chi connectivity index (χ0) is 9.84. The smallest absolute Gasteiger partial charge is 0.133 e. The maximum absolute atomic E-state index is 8.59. The SMILES string of the molecule is COc1cc(C)cc(CNO)c1Br. The number of ether oxygens (including phenoxy) is 1. The molecule has 13 heavy (non-hydrogen) atoms. The highest BCUT2D eigenvalue weighted by atomic mass is 79.9. The molecule has 0 fully saturated rings. The first-order valence-corrected chi connectivity index (χ1v) is 4.68. The van der Waals surface area contributed by atoms with Crippen LogP contribution in [0.3, 0.4) is 0 Å². The fourth-order valence-electron chi connectivity index (χ4n) is 1.17. The van der Waals surface area contributed by atoms with E-state index in [0.717, 1.165) is 21.3 Å². The Morgan fingerprint density at radius 1 is 1.54 bits per heavy atom. The molecule has 0 heterocycles. The van der Waals surface area contributed by atoms with Crippen LogP contribution in [-0.2, 0) is 6.54 Å². The number of methoxy groups -OCH3 is 1. The van der Waals surface area contributed by atoms with Crippen molar-refractivity contribution < 1.29 is 9.94 Å². The largest absolute Gasteiger partial charge is 0.496 e. The van der Waals surface area contributed by atoms with Gasteiger partial charge in [0.25, 0.3) is 0 Å². The van der Waals surface area contributed by atoms with Crippen LogP contribution >= 0.6 is 15.9 Å². The van der Waals surface area contributed by atoms with E-state index >= 15 is 0 Å². The van der Waals surface area contributed by atoms with Gasteiger partial charge in [0.1, 0.15) is 5.75 Å². The first-order chi connectivity index (χ1) is 6.19. The van der Waals surface area contributed by atoms with Crippen molar-refractivity contribution in [2.24, 2.45) is 0 Å². The maximum Gasteiger partial charge on any atom is 0.133 e. The van der Waals surface area contributed by atoms with Crippen molar-refractivity contribution in [3.05, 3.63) is 27.7 Å². The quantitative estimate of drug-likeness (QED) is 0.803. The fraction of sp³-hybridized carbons (Fsp3) is 0.333. The van der Waals surface area contributed by atoms with Crippen LogP contribution in [0.4, 0.5) is 0 Å². The summed E-state index contributed by atoms with van der Waals surface area (Å²) in [5, 5.41) is 8.59. The number of hydrogen-bond acceptors (Lipinski definition) is 3. The van der Waals surface area contributed by atoms with Gasteiger partial charge in [0.15, 0.2) is 0 Å². The van der Waals surface area contributed by atoms with Gasteiger partial charge < -0.3 is 9.94 Å². The Morgan fingerprint density at radius 3 is 2.77 bits per heavy atom. The van der Waals surface area contributed by atoms with E-state index in [0.29, 0.717) is 6.54 Å². The first-order valence-electron chi connectivity index (χ1n) is 3.89. The van der Waals surface area contributed by atoms with Gasteiger partial charge in [-0.05, 0) is 40.0 Å². The monoisotopic (exact) mass is 245 g/mol. The summed E-state index contributed by atoms with van der Waals surface area (Å²) in [6.07, 6.45) is 0. The molecule has 0 unspecified atom stereocenters. The minimum Gasteiger partial charge on any atom is -0.496 e. The number of rotatable bonds is 3. The van der Waals surface area contributed by atoms with Gasteiger partial charge in [-0.15, -0.1) is 0 Å². The molecular formula is C9H12BrNO2. The second-order valence-corrected chi connectivity index (χ2v) is 3.57. The summed E-state index contributed by atoms with van der Waals surface area (Å²) in [6.45, 7) is 2.38. The number of hydrogen-bond donors (Lipinski definition) is 2. The van der Waals surface area contributed by atoms with Gasteiger partial charge in [0, 0.05) is 6.54 Å². The summed E-state index contributed by atoms with van der Waals surface area (Å²) in [4.78, 5) is 0. The van der Waals surface area contributed by atoms with E-state index in [1.165, 1.54) is 0 Å². The molecule has 72 valence electrons.